The van der Waals surface area contributed by atoms with Gasteiger partial charge in [-0.2, -0.15) is 5.10 Å². The van der Waals surface area contributed by atoms with E-state index in [-0.39, 0.29) is 5.56 Å². The Morgan fingerprint density at radius 3 is 2.38 bits per heavy atom. The zero-order valence-electron chi connectivity index (χ0n) is 13.5. The lowest BCUT2D eigenvalue weighted by atomic mass is 10.1. The Morgan fingerprint density at radius 2 is 1.69 bits per heavy atom. The summed E-state index contributed by atoms with van der Waals surface area (Å²) in [5.41, 5.74) is 3.94. The molecule has 0 unspecified atom stereocenters. The van der Waals surface area contributed by atoms with Gasteiger partial charge in [0.15, 0.2) is 0 Å². The second-order valence-corrected chi connectivity index (χ2v) is 5.27. The van der Waals surface area contributed by atoms with Gasteiger partial charge < -0.3 is 14.8 Å². The van der Waals surface area contributed by atoms with Gasteiger partial charge in [-0.15, -0.1) is 0 Å². The molecule has 2 amide bonds. The average Bonchev–Trinajstić information content (AvgIpc) is 3.11. The summed E-state index contributed by atoms with van der Waals surface area (Å²) in [6.45, 7) is 0. The highest BCUT2D eigenvalue weighted by Crippen LogP contribution is 2.22. The van der Waals surface area contributed by atoms with Gasteiger partial charge in [-0.05, 0) is 36.4 Å². The Morgan fingerprint density at radius 1 is 0.962 bits per heavy atom. The van der Waals surface area contributed by atoms with Gasteiger partial charge >= 0.3 is 12.0 Å². The van der Waals surface area contributed by atoms with Gasteiger partial charge in [0.2, 0.25) is 0 Å². The molecule has 1 heterocycles. The van der Waals surface area contributed by atoms with E-state index in [1.807, 2.05) is 18.2 Å². The first-order chi connectivity index (χ1) is 12.6. The van der Waals surface area contributed by atoms with Crippen LogP contribution in [-0.2, 0) is 0 Å². The molecule has 7 nitrogen and oxygen atoms in total. The van der Waals surface area contributed by atoms with Crippen LogP contribution < -0.4 is 10.7 Å². The number of carboxylic acid groups (broad SMARTS) is 1. The zero-order valence-corrected chi connectivity index (χ0v) is 13.5. The van der Waals surface area contributed by atoms with Gasteiger partial charge in [-0.25, -0.2) is 15.0 Å². The molecule has 1 aromatic heterocycles. The van der Waals surface area contributed by atoms with Crippen molar-refractivity contribution in [2.24, 2.45) is 5.10 Å². The maximum Gasteiger partial charge on any atom is 0.339 e. The van der Waals surface area contributed by atoms with Crippen LogP contribution in [-0.4, -0.2) is 23.3 Å². The molecule has 3 aromatic rings. The van der Waals surface area contributed by atoms with Crippen LogP contribution in [0.25, 0.3) is 11.3 Å². The quantitative estimate of drug-likeness (QED) is 0.481. The normalized spacial score (nSPS) is 10.6. The number of furan rings is 1. The molecule has 0 aliphatic carbocycles. The van der Waals surface area contributed by atoms with E-state index >= 15 is 0 Å². The molecular weight excluding hydrogens is 334 g/mol. The largest absolute Gasteiger partial charge is 0.478 e. The van der Waals surface area contributed by atoms with Crippen molar-refractivity contribution in [3.63, 3.8) is 0 Å². The molecule has 130 valence electrons. The fourth-order valence-electron chi connectivity index (χ4n) is 2.19. The van der Waals surface area contributed by atoms with E-state index in [2.05, 4.69) is 15.8 Å². The van der Waals surface area contributed by atoms with E-state index in [0.29, 0.717) is 17.2 Å². The minimum absolute atomic E-state index is 0.204. The third-order valence-electron chi connectivity index (χ3n) is 3.43. The number of hydrogen-bond donors (Lipinski definition) is 3. The van der Waals surface area contributed by atoms with Crippen LogP contribution in [0, 0.1) is 0 Å². The zero-order chi connectivity index (χ0) is 18.4. The number of carbonyl (C=O) groups is 2. The second-order valence-electron chi connectivity index (χ2n) is 5.27. The summed E-state index contributed by atoms with van der Waals surface area (Å²) in [6, 6.07) is 18.3. The van der Waals surface area contributed by atoms with Crippen LogP contribution in [0.5, 0.6) is 0 Å². The highest BCUT2D eigenvalue weighted by atomic mass is 16.4. The van der Waals surface area contributed by atoms with E-state index in [1.54, 1.807) is 36.4 Å². The van der Waals surface area contributed by atoms with Gasteiger partial charge in [0.1, 0.15) is 11.5 Å². The van der Waals surface area contributed by atoms with Crippen LogP contribution >= 0.6 is 0 Å². The molecule has 0 spiro atoms. The van der Waals surface area contributed by atoms with E-state index in [1.165, 1.54) is 18.3 Å². The maximum atomic E-state index is 11.7. The summed E-state index contributed by atoms with van der Waals surface area (Å²) in [5.74, 6) is 0.0307. The monoisotopic (exact) mass is 349 g/mol. The van der Waals surface area contributed by atoms with Crippen molar-refractivity contribution in [2.45, 2.75) is 0 Å². The smallest absolute Gasteiger partial charge is 0.339 e. The molecule has 0 saturated carbocycles. The molecular formula is C19H15N3O4. The lowest BCUT2D eigenvalue weighted by molar-refractivity contribution is 0.0697. The number of aromatic carboxylic acids is 1. The van der Waals surface area contributed by atoms with Crippen molar-refractivity contribution >= 4 is 23.9 Å². The number of carbonyl (C=O) groups excluding carboxylic acids is 1. The first-order valence-corrected chi connectivity index (χ1v) is 7.70. The topological polar surface area (TPSA) is 104 Å². The first-order valence-electron chi connectivity index (χ1n) is 7.70. The molecule has 3 rings (SSSR count). The number of amides is 2. The minimum Gasteiger partial charge on any atom is -0.478 e. The molecule has 26 heavy (non-hydrogen) atoms. The number of anilines is 1. The summed E-state index contributed by atoms with van der Waals surface area (Å²) in [4.78, 5) is 22.6. The number of benzene rings is 2. The number of nitrogens with one attached hydrogen (secondary N) is 2. The van der Waals surface area contributed by atoms with Gasteiger partial charge in [-0.3, -0.25) is 0 Å². The van der Waals surface area contributed by atoms with E-state index in [4.69, 9.17) is 9.52 Å². The number of rotatable bonds is 5. The van der Waals surface area contributed by atoms with Crippen molar-refractivity contribution in [2.75, 3.05) is 5.32 Å². The van der Waals surface area contributed by atoms with Crippen molar-refractivity contribution in [3.8, 4) is 11.3 Å². The van der Waals surface area contributed by atoms with E-state index < -0.39 is 12.0 Å². The Balaban J connectivity index is 1.58. The highest BCUT2D eigenvalue weighted by molar-refractivity contribution is 5.90. The van der Waals surface area contributed by atoms with Crippen LogP contribution in [0.1, 0.15) is 16.1 Å². The predicted octanol–water partition coefficient (Wildman–Crippen LogP) is 3.80. The number of para-hydroxylation sites is 1. The summed E-state index contributed by atoms with van der Waals surface area (Å²) >= 11 is 0. The molecule has 2 aromatic carbocycles. The summed E-state index contributed by atoms with van der Waals surface area (Å²) in [5, 5.41) is 15.4. The average molecular weight is 349 g/mol. The van der Waals surface area contributed by atoms with Crippen LogP contribution in [0.2, 0.25) is 0 Å². The molecule has 0 aliphatic heterocycles. The van der Waals surface area contributed by atoms with Crippen LogP contribution in [0.3, 0.4) is 0 Å². The number of hydrazone groups is 1. The summed E-state index contributed by atoms with van der Waals surface area (Å²) in [6.07, 6.45) is 1.37. The number of urea groups is 1. The number of nitrogens with zero attached hydrogens (tertiary/aromatic N) is 1. The Labute approximate surface area is 149 Å². The predicted molar refractivity (Wildman–Crippen MR) is 97.3 cm³/mol. The van der Waals surface area contributed by atoms with E-state index in [0.717, 1.165) is 5.56 Å². The maximum absolute atomic E-state index is 11.7. The van der Waals surface area contributed by atoms with Crippen molar-refractivity contribution in [1.82, 2.24) is 5.43 Å². The molecule has 3 N–H and O–H groups in total. The lowest BCUT2D eigenvalue weighted by Gasteiger charge is -2.02. The Bertz CT molecular complexity index is 931. The molecule has 0 aliphatic rings. The van der Waals surface area contributed by atoms with Crippen molar-refractivity contribution < 1.29 is 19.1 Å². The Kier molecular flexibility index (Phi) is 5.09. The summed E-state index contributed by atoms with van der Waals surface area (Å²) in [7, 11) is 0. The van der Waals surface area contributed by atoms with Gasteiger partial charge in [0, 0.05) is 11.3 Å². The number of carboxylic acids is 1. The fourth-order valence-corrected chi connectivity index (χ4v) is 2.19. The second kappa shape index (κ2) is 7.80. The molecule has 0 atom stereocenters. The highest BCUT2D eigenvalue weighted by Gasteiger charge is 2.06. The number of hydrogen-bond acceptors (Lipinski definition) is 4. The SMILES string of the molecule is O=C(N/N=C/c1ccc(-c2ccc(C(=O)O)cc2)o1)Nc1ccccc1. The standard InChI is InChI=1S/C19H15N3O4/c23-18(24)14-8-6-13(7-9-14)17-11-10-16(26-17)12-20-22-19(25)21-15-4-2-1-3-5-15/h1-12H,(H,23,24)(H2,21,22,25)/b20-12+. The third-order valence-corrected chi connectivity index (χ3v) is 3.43. The van der Waals surface area contributed by atoms with Gasteiger partial charge in [-0.1, -0.05) is 30.3 Å². The molecule has 0 fully saturated rings. The van der Waals surface area contributed by atoms with Crippen LogP contribution in [0.4, 0.5) is 10.5 Å². The van der Waals surface area contributed by atoms with E-state index in [9.17, 15) is 9.59 Å². The molecule has 7 heteroatoms. The summed E-state index contributed by atoms with van der Waals surface area (Å²) < 4.78 is 5.60. The van der Waals surface area contributed by atoms with Gasteiger partial charge in [0.05, 0.1) is 11.8 Å². The third kappa shape index (κ3) is 4.35. The van der Waals surface area contributed by atoms with Crippen LogP contribution in [0.15, 0.2) is 76.2 Å². The van der Waals surface area contributed by atoms with Crippen molar-refractivity contribution in [1.29, 1.82) is 0 Å². The van der Waals surface area contributed by atoms with Gasteiger partial charge in [0.25, 0.3) is 0 Å². The first kappa shape index (κ1) is 17.0. The fraction of sp³-hybridized carbons (Fsp3) is 0. The lowest BCUT2D eigenvalue weighted by Crippen LogP contribution is -2.24. The molecule has 0 bridgehead atoms. The van der Waals surface area contributed by atoms with Crippen molar-refractivity contribution in [3.05, 3.63) is 78.1 Å². The molecule has 0 radical (unpaired) electrons. The molecule has 0 saturated heterocycles. The minimum atomic E-state index is -0.983. The Hall–Kier alpha value is -3.87.